The van der Waals surface area contributed by atoms with Gasteiger partial charge in [0.25, 0.3) is 0 Å². The van der Waals surface area contributed by atoms with Gasteiger partial charge in [-0.05, 0) is 55.7 Å². The van der Waals surface area contributed by atoms with Crippen LogP contribution >= 0.6 is 15.9 Å². The third-order valence-electron chi connectivity index (χ3n) is 4.17. The first-order valence-corrected chi connectivity index (χ1v) is 7.77. The van der Waals surface area contributed by atoms with Crippen molar-refractivity contribution in [3.05, 3.63) is 34.3 Å². The molecule has 100 valence electrons. The fourth-order valence-electron chi connectivity index (χ4n) is 2.79. The highest BCUT2D eigenvalue weighted by Crippen LogP contribution is 2.35. The zero-order valence-electron chi connectivity index (χ0n) is 11.7. The molecule has 2 rings (SSSR count). The maximum absolute atomic E-state index is 3.78. The first-order valence-electron chi connectivity index (χ1n) is 6.98. The average Bonchev–Trinajstić information content (AvgIpc) is 2.32. The van der Waals surface area contributed by atoms with Gasteiger partial charge in [-0.1, -0.05) is 41.9 Å². The number of nitrogens with one attached hydrogen (secondary N) is 1. The second kappa shape index (κ2) is 5.75. The Morgan fingerprint density at radius 1 is 1.28 bits per heavy atom. The fourth-order valence-corrected chi connectivity index (χ4v) is 3.21. The van der Waals surface area contributed by atoms with Crippen molar-refractivity contribution in [1.82, 2.24) is 5.32 Å². The van der Waals surface area contributed by atoms with Crippen LogP contribution in [0.3, 0.4) is 0 Å². The Morgan fingerprint density at radius 3 is 2.56 bits per heavy atom. The molecule has 1 N–H and O–H groups in total. The summed E-state index contributed by atoms with van der Waals surface area (Å²) in [4.78, 5) is 0. The van der Waals surface area contributed by atoms with Gasteiger partial charge >= 0.3 is 0 Å². The van der Waals surface area contributed by atoms with Crippen molar-refractivity contribution in [3.63, 3.8) is 0 Å². The third kappa shape index (κ3) is 3.83. The van der Waals surface area contributed by atoms with E-state index in [2.05, 4.69) is 66.3 Å². The third-order valence-corrected chi connectivity index (χ3v) is 4.67. The van der Waals surface area contributed by atoms with Gasteiger partial charge in [-0.15, -0.1) is 0 Å². The van der Waals surface area contributed by atoms with E-state index in [9.17, 15) is 0 Å². The molecule has 1 aliphatic rings. The number of hydrogen-bond donors (Lipinski definition) is 1. The zero-order chi connectivity index (χ0) is 13.2. The highest BCUT2D eigenvalue weighted by atomic mass is 79.9. The predicted molar refractivity (Wildman–Crippen MR) is 81.7 cm³/mol. The number of halogens is 1. The van der Waals surface area contributed by atoms with Crippen LogP contribution in [0.15, 0.2) is 28.7 Å². The Bertz CT molecular complexity index is 390. The summed E-state index contributed by atoms with van der Waals surface area (Å²) in [7, 11) is 0. The Morgan fingerprint density at radius 2 is 1.94 bits per heavy atom. The van der Waals surface area contributed by atoms with E-state index >= 15 is 0 Å². The highest BCUT2D eigenvalue weighted by Gasteiger charge is 2.27. The molecule has 0 amide bonds. The van der Waals surface area contributed by atoms with E-state index < -0.39 is 0 Å². The number of hydrogen-bond acceptors (Lipinski definition) is 1. The SMILES string of the molecule is CC(NC1CCC(C)(C)CC1)c1cccc(Br)c1. The van der Waals surface area contributed by atoms with E-state index in [0.717, 1.165) is 0 Å². The van der Waals surface area contributed by atoms with Crippen molar-refractivity contribution in [2.24, 2.45) is 5.41 Å². The van der Waals surface area contributed by atoms with Crippen molar-refractivity contribution >= 4 is 15.9 Å². The van der Waals surface area contributed by atoms with Gasteiger partial charge in [-0.3, -0.25) is 0 Å². The summed E-state index contributed by atoms with van der Waals surface area (Å²) in [5.41, 5.74) is 1.92. The molecule has 0 aliphatic heterocycles. The van der Waals surface area contributed by atoms with Gasteiger partial charge in [0.15, 0.2) is 0 Å². The molecule has 1 atom stereocenters. The van der Waals surface area contributed by atoms with Crippen LogP contribution in [-0.2, 0) is 0 Å². The van der Waals surface area contributed by atoms with Crippen LogP contribution in [0, 0.1) is 5.41 Å². The van der Waals surface area contributed by atoms with Crippen molar-refractivity contribution in [2.45, 2.75) is 58.5 Å². The highest BCUT2D eigenvalue weighted by molar-refractivity contribution is 9.10. The molecule has 1 aromatic rings. The molecule has 1 fully saturated rings. The molecule has 1 aromatic carbocycles. The Balaban J connectivity index is 1.90. The lowest BCUT2D eigenvalue weighted by atomic mass is 9.75. The van der Waals surface area contributed by atoms with Gasteiger partial charge in [0.05, 0.1) is 0 Å². The van der Waals surface area contributed by atoms with Crippen molar-refractivity contribution < 1.29 is 0 Å². The van der Waals surface area contributed by atoms with Crippen molar-refractivity contribution in [3.8, 4) is 0 Å². The van der Waals surface area contributed by atoms with Gasteiger partial charge < -0.3 is 5.32 Å². The summed E-state index contributed by atoms with van der Waals surface area (Å²) < 4.78 is 1.17. The minimum atomic E-state index is 0.439. The molecule has 0 bridgehead atoms. The number of rotatable bonds is 3. The topological polar surface area (TPSA) is 12.0 Å². The molecule has 1 saturated carbocycles. The lowest BCUT2D eigenvalue weighted by Gasteiger charge is -2.36. The molecular formula is C16H24BrN. The van der Waals surface area contributed by atoms with Gasteiger partial charge in [0.2, 0.25) is 0 Å². The van der Waals surface area contributed by atoms with Crippen LogP contribution in [-0.4, -0.2) is 6.04 Å². The zero-order valence-corrected chi connectivity index (χ0v) is 13.3. The summed E-state index contributed by atoms with van der Waals surface area (Å²) in [5.74, 6) is 0. The Labute approximate surface area is 119 Å². The van der Waals surface area contributed by atoms with Crippen LogP contribution in [0.25, 0.3) is 0 Å². The minimum absolute atomic E-state index is 0.439. The van der Waals surface area contributed by atoms with Gasteiger partial charge in [-0.25, -0.2) is 0 Å². The molecule has 0 saturated heterocycles. The summed E-state index contributed by atoms with van der Waals surface area (Å²) in [6.07, 6.45) is 5.31. The molecular weight excluding hydrogens is 286 g/mol. The lowest BCUT2D eigenvalue weighted by molar-refractivity contribution is 0.200. The molecule has 0 spiro atoms. The van der Waals surface area contributed by atoms with E-state index in [4.69, 9.17) is 0 Å². The second-order valence-corrected chi connectivity index (χ2v) is 7.30. The molecule has 1 aliphatic carbocycles. The molecule has 1 nitrogen and oxygen atoms in total. The van der Waals surface area contributed by atoms with E-state index in [0.29, 0.717) is 17.5 Å². The van der Waals surface area contributed by atoms with Crippen LogP contribution in [0.5, 0.6) is 0 Å². The van der Waals surface area contributed by atoms with E-state index in [1.165, 1.54) is 35.7 Å². The first-order chi connectivity index (χ1) is 8.46. The smallest absolute Gasteiger partial charge is 0.0294 e. The Kier molecular flexibility index (Phi) is 4.50. The van der Waals surface area contributed by atoms with E-state index in [-0.39, 0.29) is 0 Å². The summed E-state index contributed by atoms with van der Waals surface area (Å²) in [6.45, 7) is 7.05. The normalized spacial score (nSPS) is 21.8. The van der Waals surface area contributed by atoms with Gasteiger partial charge in [0, 0.05) is 16.6 Å². The summed E-state index contributed by atoms with van der Waals surface area (Å²) in [6, 6.07) is 9.74. The van der Waals surface area contributed by atoms with Crippen molar-refractivity contribution in [1.29, 1.82) is 0 Å². The first kappa shape index (κ1) is 14.1. The van der Waals surface area contributed by atoms with Gasteiger partial charge in [0.1, 0.15) is 0 Å². The quantitative estimate of drug-likeness (QED) is 0.822. The monoisotopic (exact) mass is 309 g/mol. The van der Waals surface area contributed by atoms with Crippen molar-refractivity contribution in [2.75, 3.05) is 0 Å². The fraction of sp³-hybridized carbons (Fsp3) is 0.625. The lowest BCUT2D eigenvalue weighted by Crippen LogP contribution is -2.37. The number of benzene rings is 1. The largest absolute Gasteiger partial charge is 0.307 e. The Hall–Kier alpha value is -0.340. The molecule has 0 heterocycles. The van der Waals surface area contributed by atoms with Crippen LogP contribution in [0.4, 0.5) is 0 Å². The van der Waals surface area contributed by atoms with Crippen LogP contribution < -0.4 is 5.32 Å². The van der Waals surface area contributed by atoms with Crippen LogP contribution in [0.2, 0.25) is 0 Å². The molecule has 0 radical (unpaired) electrons. The summed E-state index contributed by atoms with van der Waals surface area (Å²) >= 11 is 3.54. The van der Waals surface area contributed by atoms with Gasteiger partial charge in [-0.2, -0.15) is 0 Å². The van der Waals surface area contributed by atoms with Crippen LogP contribution in [0.1, 0.15) is 58.1 Å². The van der Waals surface area contributed by atoms with E-state index in [1.54, 1.807) is 0 Å². The standard InChI is InChI=1S/C16H24BrN/c1-12(13-5-4-6-14(17)11-13)18-15-7-9-16(2,3)10-8-15/h4-6,11-12,15,18H,7-10H2,1-3H3. The molecule has 0 aromatic heterocycles. The maximum Gasteiger partial charge on any atom is 0.0294 e. The summed E-state index contributed by atoms with van der Waals surface area (Å²) in [5, 5.41) is 3.78. The average molecular weight is 310 g/mol. The molecule has 1 unspecified atom stereocenters. The second-order valence-electron chi connectivity index (χ2n) is 6.38. The predicted octanol–water partition coefficient (Wildman–Crippen LogP) is 5.07. The molecule has 18 heavy (non-hydrogen) atoms. The minimum Gasteiger partial charge on any atom is -0.307 e. The molecule has 2 heteroatoms. The maximum atomic E-state index is 3.78. The van der Waals surface area contributed by atoms with E-state index in [1.807, 2.05) is 0 Å².